The molecule has 0 fully saturated rings. The Kier molecular flexibility index (Phi) is 3.35. The first kappa shape index (κ1) is 10.7. The zero-order chi connectivity index (χ0) is 11.3. The van der Waals surface area contributed by atoms with Crippen molar-refractivity contribution >= 4 is 24.2 Å². The van der Waals surface area contributed by atoms with Crippen LogP contribution in [0.1, 0.15) is 0 Å². The van der Waals surface area contributed by atoms with Crippen molar-refractivity contribution in [2.24, 2.45) is 0 Å². The van der Waals surface area contributed by atoms with Gasteiger partial charge in [0.25, 0.3) is 0 Å². The maximum absolute atomic E-state index is 10.5. The minimum absolute atomic E-state index is 0.220. The Balaban J connectivity index is 3.19. The quantitative estimate of drug-likeness (QED) is 0.549. The van der Waals surface area contributed by atoms with Crippen LogP contribution in [0.25, 0.3) is 4.98 Å². The third-order valence-corrected chi connectivity index (χ3v) is 1.80. The molecule has 1 aromatic rings. The number of methoxy groups -OCH3 is 1. The lowest BCUT2D eigenvalue weighted by atomic mass is 10.2. The summed E-state index contributed by atoms with van der Waals surface area (Å²) in [7, 11) is 1.39. The number of anilines is 1. The summed E-state index contributed by atoms with van der Waals surface area (Å²) in [4.78, 5) is 24.8. The largest absolute Gasteiger partial charge is 0.489 e. The Hall–Kier alpha value is -2.42. The van der Waals surface area contributed by atoms with Crippen LogP contribution in [0.4, 0.5) is 11.4 Å². The van der Waals surface area contributed by atoms with Crippen molar-refractivity contribution in [1.82, 2.24) is 0 Å². The number of ether oxygens (including phenoxy) is 1. The lowest BCUT2D eigenvalue weighted by Gasteiger charge is -2.08. The maximum atomic E-state index is 10.5. The van der Waals surface area contributed by atoms with Gasteiger partial charge in [0, 0.05) is 12.1 Å². The molecule has 0 heterocycles. The van der Waals surface area contributed by atoms with Gasteiger partial charge in [0.1, 0.15) is 0 Å². The molecule has 15 heavy (non-hydrogen) atoms. The topological polar surface area (TPSA) is 74.8 Å². The zero-order valence-electron chi connectivity index (χ0n) is 7.95. The molecule has 0 spiro atoms. The van der Waals surface area contributed by atoms with E-state index in [1.165, 1.54) is 25.3 Å². The second-order valence-corrected chi connectivity index (χ2v) is 2.57. The molecule has 0 atom stereocenters. The van der Waals surface area contributed by atoms with Crippen molar-refractivity contribution in [2.45, 2.75) is 0 Å². The van der Waals surface area contributed by atoms with Crippen LogP contribution in [0.3, 0.4) is 0 Å². The Morgan fingerprint density at radius 2 is 2.07 bits per heavy atom. The Bertz CT molecular complexity index is 417. The molecule has 0 saturated carbocycles. The van der Waals surface area contributed by atoms with Gasteiger partial charge in [-0.25, -0.2) is 0 Å². The molecule has 0 aliphatic heterocycles. The second kappa shape index (κ2) is 4.72. The molecular formula is C9H8N3O3+. The van der Waals surface area contributed by atoms with Crippen molar-refractivity contribution in [3.63, 3.8) is 0 Å². The van der Waals surface area contributed by atoms with Crippen LogP contribution in [0, 0.1) is 5.39 Å². The smallest absolute Gasteiger partial charge is 0.426 e. The number of carbonyl (C=O) groups is 2. The summed E-state index contributed by atoms with van der Waals surface area (Å²) < 4.78 is 4.90. The van der Waals surface area contributed by atoms with Gasteiger partial charge in [-0.3, -0.25) is 14.5 Å². The maximum Gasteiger partial charge on any atom is 0.426 e. The van der Waals surface area contributed by atoms with Crippen LogP contribution in [-0.2, 0) is 9.59 Å². The fourth-order valence-electron chi connectivity index (χ4n) is 1.06. The summed E-state index contributed by atoms with van der Waals surface area (Å²) in [5.41, 5.74) is 0.558. The number of rotatable bonds is 4. The molecule has 1 rings (SSSR count). The van der Waals surface area contributed by atoms with Crippen LogP contribution in [0.2, 0.25) is 0 Å². The van der Waals surface area contributed by atoms with Crippen LogP contribution in [0.5, 0.6) is 5.75 Å². The summed E-state index contributed by atoms with van der Waals surface area (Å²) in [5.74, 6) is 0.267. The average molecular weight is 206 g/mol. The Morgan fingerprint density at radius 1 is 1.40 bits per heavy atom. The van der Waals surface area contributed by atoms with Gasteiger partial charge in [-0.2, -0.15) is 0 Å². The van der Waals surface area contributed by atoms with Crippen molar-refractivity contribution < 1.29 is 14.3 Å². The highest BCUT2D eigenvalue weighted by Gasteiger charge is 2.16. The molecule has 1 aromatic carbocycles. The molecule has 0 bridgehead atoms. The highest BCUT2D eigenvalue weighted by atomic mass is 16.5. The van der Waals surface area contributed by atoms with E-state index < -0.39 is 0 Å². The van der Waals surface area contributed by atoms with Crippen molar-refractivity contribution in [3.05, 3.63) is 23.2 Å². The van der Waals surface area contributed by atoms with Crippen LogP contribution >= 0.6 is 0 Å². The van der Waals surface area contributed by atoms with Gasteiger partial charge < -0.3 is 4.74 Å². The molecule has 0 saturated heterocycles. The number of hydrogen-bond acceptors (Lipinski definition) is 4. The summed E-state index contributed by atoms with van der Waals surface area (Å²) in [6.07, 6.45) is 0.745. The third kappa shape index (κ3) is 2.08. The lowest BCUT2D eigenvalue weighted by molar-refractivity contribution is -0.113. The van der Waals surface area contributed by atoms with Crippen LogP contribution < -0.4 is 9.64 Å². The van der Waals surface area contributed by atoms with E-state index in [0.717, 1.165) is 4.90 Å². The standard InChI is InChI=1S/C9H8N3O3/c1-15-9-4-7(12(5-13)6-14)2-3-8(9)11-10/h2-6H,1H3/q+1. The van der Waals surface area contributed by atoms with Gasteiger partial charge in [-0.05, 0) is 6.07 Å². The highest BCUT2D eigenvalue weighted by Crippen LogP contribution is 2.31. The molecule has 0 aromatic heterocycles. The minimum Gasteiger partial charge on any atom is -0.489 e. The first-order valence-corrected chi connectivity index (χ1v) is 3.99. The molecular weight excluding hydrogens is 198 g/mol. The third-order valence-electron chi connectivity index (χ3n) is 1.80. The lowest BCUT2D eigenvalue weighted by Crippen LogP contribution is -2.17. The predicted molar refractivity (Wildman–Crippen MR) is 52.3 cm³/mol. The van der Waals surface area contributed by atoms with Gasteiger partial charge in [0.05, 0.1) is 12.8 Å². The minimum atomic E-state index is 0.220. The first-order chi connectivity index (χ1) is 7.26. The Labute approximate surface area is 85.7 Å². The number of amides is 2. The molecule has 0 N–H and O–H groups in total. The summed E-state index contributed by atoms with van der Waals surface area (Å²) in [6.45, 7) is 0. The molecule has 0 unspecified atom stereocenters. The molecule has 6 heteroatoms. The molecule has 0 aliphatic rings. The summed E-state index contributed by atoms with van der Waals surface area (Å²) in [5, 5.41) is 8.59. The number of hydrogen-bond donors (Lipinski definition) is 0. The number of nitrogens with zero attached hydrogens (tertiary/aromatic N) is 3. The second-order valence-electron chi connectivity index (χ2n) is 2.57. The van der Waals surface area contributed by atoms with Crippen molar-refractivity contribution in [2.75, 3.05) is 12.0 Å². The van der Waals surface area contributed by atoms with E-state index in [-0.39, 0.29) is 11.4 Å². The predicted octanol–water partition coefficient (Wildman–Crippen LogP) is 1.30. The first-order valence-electron chi connectivity index (χ1n) is 3.99. The highest BCUT2D eigenvalue weighted by molar-refractivity contribution is 5.96. The van der Waals surface area contributed by atoms with Gasteiger partial charge in [0.2, 0.25) is 24.0 Å². The van der Waals surface area contributed by atoms with E-state index >= 15 is 0 Å². The molecule has 6 nitrogen and oxygen atoms in total. The van der Waals surface area contributed by atoms with Crippen molar-refractivity contribution in [1.29, 1.82) is 5.39 Å². The van der Waals surface area contributed by atoms with E-state index in [1.807, 2.05) is 0 Å². The summed E-state index contributed by atoms with van der Waals surface area (Å²) >= 11 is 0. The zero-order valence-corrected chi connectivity index (χ0v) is 7.95. The van der Waals surface area contributed by atoms with E-state index in [0.29, 0.717) is 18.5 Å². The Morgan fingerprint density at radius 3 is 2.53 bits per heavy atom. The van der Waals surface area contributed by atoms with Crippen LogP contribution in [-0.4, -0.2) is 19.9 Å². The molecule has 2 amide bonds. The van der Waals surface area contributed by atoms with Gasteiger partial charge in [-0.1, -0.05) is 0 Å². The molecule has 0 aliphatic carbocycles. The van der Waals surface area contributed by atoms with E-state index in [9.17, 15) is 9.59 Å². The van der Waals surface area contributed by atoms with Gasteiger partial charge >= 0.3 is 5.69 Å². The van der Waals surface area contributed by atoms with Gasteiger partial charge in [-0.15, -0.1) is 0 Å². The van der Waals surface area contributed by atoms with E-state index in [2.05, 4.69) is 4.98 Å². The van der Waals surface area contributed by atoms with Crippen LogP contribution in [0.15, 0.2) is 18.2 Å². The average Bonchev–Trinajstić information content (AvgIpc) is 2.30. The SMILES string of the molecule is COc1cc(N(C=O)C=O)ccc1[N+]#N. The number of benzene rings is 1. The number of diazo groups is 1. The summed E-state index contributed by atoms with van der Waals surface area (Å²) in [6, 6.07) is 4.30. The number of imide groups is 1. The number of carbonyl (C=O) groups excluding carboxylic acids is 2. The fourth-order valence-corrected chi connectivity index (χ4v) is 1.06. The molecule has 76 valence electrons. The van der Waals surface area contributed by atoms with Gasteiger partial charge in [0.15, 0.2) is 4.98 Å². The normalized spacial score (nSPS) is 8.80. The van der Waals surface area contributed by atoms with Crippen molar-refractivity contribution in [3.8, 4) is 5.75 Å². The fraction of sp³-hybridized carbons (Fsp3) is 0.111. The molecule has 0 radical (unpaired) electrons. The monoisotopic (exact) mass is 206 g/mol. The van der Waals surface area contributed by atoms with E-state index in [1.54, 1.807) is 0 Å². The van der Waals surface area contributed by atoms with E-state index in [4.69, 9.17) is 10.1 Å².